The normalized spacial score (nSPS) is 10.7. The van der Waals surface area contributed by atoms with Gasteiger partial charge in [0.2, 0.25) is 5.82 Å². The molecule has 0 unspecified atom stereocenters. The van der Waals surface area contributed by atoms with Crippen LogP contribution in [0.2, 0.25) is 0 Å². The van der Waals surface area contributed by atoms with Gasteiger partial charge in [-0.05, 0) is 29.7 Å². The van der Waals surface area contributed by atoms with E-state index in [0.717, 1.165) is 36.6 Å². The molecule has 0 fully saturated rings. The molecule has 7 heteroatoms. The highest BCUT2D eigenvalue weighted by Gasteiger charge is 2.21. The number of rotatable bonds is 6. The fourth-order valence-electron chi connectivity index (χ4n) is 3.06. The predicted molar refractivity (Wildman–Crippen MR) is 103 cm³/mol. The molecule has 0 amide bonds. The van der Waals surface area contributed by atoms with Gasteiger partial charge in [-0.3, -0.25) is 0 Å². The monoisotopic (exact) mass is 415 g/mol. The molecule has 0 radical (unpaired) electrons. The van der Waals surface area contributed by atoms with Crippen LogP contribution in [0.5, 0.6) is 11.5 Å². The van der Waals surface area contributed by atoms with Gasteiger partial charge in [-0.25, -0.2) is 13.2 Å². The van der Waals surface area contributed by atoms with Crippen molar-refractivity contribution >= 4 is 0 Å². The van der Waals surface area contributed by atoms with Crippen LogP contribution in [0.15, 0.2) is 42.5 Å². The van der Waals surface area contributed by atoms with E-state index in [-0.39, 0.29) is 5.56 Å². The van der Waals surface area contributed by atoms with E-state index in [0.29, 0.717) is 5.56 Å². The van der Waals surface area contributed by atoms with Crippen molar-refractivity contribution in [3.63, 3.8) is 0 Å². The molecule has 0 heterocycles. The lowest BCUT2D eigenvalue weighted by molar-refractivity contribution is 0.273. The summed E-state index contributed by atoms with van der Waals surface area (Å²) in [6.45, 7) is 1.27. The van der Waals surface area contributed by atoms with Gasteiger partial charge in [0.15, 0.2) is 11.6 Å². The van der Waals surface area contributed by atoms with Crippen molar-refractivity contribution in [2.45, 2.75) is 26.4 Å². The van der Waals surface area contributed by atoms with Gasteiger partial charge in [0.05, 0.1) is 16.7 Å². The third-order valence-corrected chi connectivity index (χ3v) is 4.61. The maximum absolute atomic E-state index is 15.0. The lowest BCUT2D eigenvalue weighted by Crippen LogP contribution is -2.06. The molecule has 0 spiro atoms. The molecule has 0 atom stereocenters. The van der Waals surface area contributed by atoms with E-state index in [9.17, 15) is 18.3 Å². The summed E-state index contributed by atoms with van der Waals surface area (Å²) in [5.41, 5.74) is 0.0802. The minimum Gasteiger partial charge on any atom is -0.507 e. The third kappa shape index (κ3) is 4.08. The van der Waals surface area contributed by atoms with Crippen molar-refractivity contribution in [2.24, 2.45) is 0 Å². The highest BCUT2D eigenvalue weighted by atomic mass is 19.2. The topological polar surface area (TPSA) is 53.2 Å². The first kappa shape index (κ1) is 21.2. The number of ether oxygens (including phenoxy) is 1. The first-order valence-corrected chi connectivity index (χ1v) is 9.17. The van der Waals surface area contributed by atoms with E-state index < -0.39 is 52.5 Å². The number of nitriles is 1. The zero-order valence-electron chi connectivity index (χ0n) is 16.0. The molecule has 0 aliphatic heterocycles. The molecule has 154 valence electrons. The molecule has 3 aromatic carbocycles. The Labute approximate surface area is 170 Å². The van der Waals surface area contributed by atoms with Crippen molar-refractivity contribution in [1.29, 1.82) is 5.26 Å². The standard InChI is InChI=1S/C23H17F4NO2/c1-2-3-13-4-6-14(7-5-13)20-18(29)10-17(24)16(22(20)26)12-30-19-9-8-15(11-28)21(25)23(19)27/h4-10,29H,2-3,12H2,1H3. The van der Waals surface area contributed by atoms with Crippen molar-refractivity contribution in [3.05, 3.63) is 82.4 Å². The minimum atomic E-state index is -1.43. The number of nitrogens with zero attached hydrogens (tertiary/aromatic N) is 1. The summed E-state index contributed by atoms with van der Waals surface area (Å²) in [4.78, 5) is 0. The van der Waals surface area contributed by atoms with Crippen LogP contribution in [0.4, 0.5) is 17.6 Å². The number of hydrogen-bond donors (Lipinski definition) is 1. The van der Waals surface area contributed by atoms with E-state index in [2.05, 4.69) is 0 Å². The number of phenolic OH excluding ortho intramolecular Hbond substituents is 1. The molecule has 1 N–H and O–H groups in total. The van der Waals surface area contributed by atoms with Gasteiger partial charge in [0, 0.05) is 6.07 Å². The molecule has 0 aliphatic carbocycles. The molecule has 0 aromatic heterocycles. The average Bonchev–Trinajstić information content (AvgIpc) is 2.72. The maximum Gasteiger partial charge on any atom is 0.202 e. The van der Waals surface area contributed by atoms with E-state index in [1.807, 2.05) is 6.92 Å². The van der Waals surface area contributed by atoms with E-state index in [1.54, 1.807) is 24.3 Å². The summed E-state index contributed by atoms with van der Waals surface area (Å²) in [5.74, 6) is -6.18. The van der Waals surface area contributed by atoms with Gasteiger partial charge in [-0.2, -0.15) is 9.65 Å². The lowest BCUT2D eigenvalue weighted by Gasteiger charge is -2.14. The van der Waals surface area contributed by atoms with E-state index in [4.69, 9.17) is 10.00 Å². The highest BCUT2D eigenvalue weighted by Crippen LogP contribution is 2.36. The molecule has 0 saturated carbocycles. The number of halogens is 4. The van der Waals surface area contributed by atoms with Crippen molar-refractivity contribution in [3.8, 4) is 28.7 Å². The first-order chi connectivity index (χ1) is 14.4. The number of aryl methyl sites for hydroxylation is 1. The molecular formula is C23H17F4NO2. The summed E-state index contributed by atoms with van der Waals surface area (Å²) < 4.78 is 62.1. The zero-order valence-corrected chi connectivity index (χ0v) is 16.0. The number of aromatic hydroxyl groups is 1. The Bertz CT molecular complexity index is 1120. The van der Waals surface area contributed by atoms with Gasteiger partial charge in [-0.1, -0.05) is 37.6 Å². The van der Waals surface area contributed by atoms with Gasteiger partial charge in [0.1, 0.15) is 30.1 Å². The molecule has 0 saturated heterocycles. The van der Waals surface area contributed by atoms with Crippen LogP contribution in [0.3, 0.4) is 0 Å². The largest absolute Gasteiger partial charge is 0.507 e. The molecule has 3 rings (SSSR count). The van der Waals surface area contributed by atoms with Crippen LogP contribution in [0.1, 0.15) is 30.0 Å². The Morgan fingerprint density at radius 1 is 0.967 bits per heavy atom. The van der Waals surface area contributed by atoms with E-state index >= 15 is 4.39 Å². The summed E-state index contributed by atoms with van der Waals surface area (Å²) in [7, 11) is 0. The van der Waals surface area contributed by atoms with Gasteiger partial charge < -0.3 is 9.84 Å². The van der Waals surface area contributed by atoms with Gasteiger partial charge >= 0.3 is 0 Å². The van der Waals surface area contributed by atoms with Crippen molar-refractivity contribution < 1.29 is 27.4 Å². The van der Waals surface area contributed by atoms with Crippen LogP contribution in [0, 0.1) is 34.6 Å². The molecule has 0 aliphatic rings. The van der Waals surface area contributed by atoms with E-state index in [1.165, 1.54) is 6.07 Å². The third-order valence-electron chi connectivity index (χ3n) is 4.61. The van der Waals surface area contributed by atoms with Crippen molar-refractivity contribution in [1.82, 2.24) is 0 Å². The first-order valence-electron chi connectivity index (χ1n) is 9.17. The highest BCUT2D eigenvalue weighted by molar-refractivity contribution is 5.72. The Morgan fingerprint density at radius 2 is 1.67 bits per heavy atom. The summed E-state index contributed by atoms with van der Waals surface area (Å²) >= 11 is 0. The second-order valence-electron chi connectivity index (χ2n) is 6.63. The summed E-state index contributed by atoms with van der Waals surface area (Å²) in [5, 5.41) is 18.8. The summed E-state index contributed by atoms with van der Waals surface area (Å²) in [6.07, 6.45) is 1.77. The molecule has 0 bridgehead atoms. The number of phenols is 1. The van der Waals surface area contributed by atoms with Crippen LogP contribution in [0.25, 0.3) is 11.1 Å². The Kier molecular flexibility index (Phi) is 6.26. The predicted octanol–water partition coefficient (Wildman–Crippen LogP) is 6.02. The second-order valence-corrected chi connectivity index (χ2v) is 6.63. The smallest absolute Gasteiger partial charge is 0.202 e. The Balaban J connectivity index is 1.94. The minimum absolute atomic E-state index is 0.218. The van der Waals surface area contributed by atoms with Crippen LogP contribution >= 0.6 is 0 Å². The number of benzene rings is 3. The van der Waals surface area contributed by atoms with Gasteiger partial charge in [-0.15, -0.1) is 0 Å². The fourth-order valence-corrected chi connectivity index (χ4v) is 3.06. The maximum atomic E-state index is 15.0. The quantitative estimate of drug-likeness (QED) is 0.501. The fraction of sp³-hybridized carbons (Fsp3) is 0.174. The second kappa shape index (κ2) is 8.87. The average molecular weight is 415 g/mol. The summed E-state index contributed by atoms with van der Waals surface area (Å²) in [6, 6.07) is 11.0. The van der Waals surface area contributed by atoms with Crippen LogP contribution < -0.4 is 4.74 Å². The lowest BCUT2D eigenvalue weighted by atomic mass is 9.98. The van der Waals surface area contributed by atoms with Crippen LogP contribution in [-0.2, 0) is 13.0 Å². The Morgan fingerprint density at radius 3 is 2.30 bits per heavy atom. The zero-order chi connectivity index (χ0) is 21.8. The molecule has 30 heavy (non-hydrogen) atoms. The SMILES string of the molecule is CCCc1ccc(-c2c(O)cc(F)c(COc3ccc(C#N)c(F)c3F)c2F)cc1. The molecule has 3 nitrogen and oxygen atoms in total. The van der Waals surface area contributed by atoms with Crippen LogP contribution in [-0.4, -0.2) is 5.11 Å². The molecule has 3 aromatic rings. The Hall–Kier alpha value is -3.53. The number of hydrogen-bond acceptors (Lipinski definition) is 3. The van der Waals surface area contributed by atoms with Gasteiger partial charge in [0.25, 0.3) is 0 Å². The molecular weight excluding hydrogens is 398 g/mol. The van der Waals surface area contributed by atoms with Crippen molar-refractivity contribution in [2.75, 3.05) is 0 Å².